The smallest absolute Gasteiger partial charge is 0.127 e. The maximum atomic E-state index is 10.5. The van der Waals surface area contributed by atoms with Gasteiger partial charge in [-0.2, -0.15) is 0 Å². The molecule has 19 heavy (non-hydrogen) atoms. The average molecular weight is 254 g/mol. The molecule has 2 aromatic carbocycles. The third kappa shape index (κ3) is 2.43. The van der Waals surface area contributed by atoms with E-state index in [0.717, 1.165) is 35.3 Å². The van der Waals surface area contributed by atoms with E-state index in [0.29, 0.717) is 18.3 Å². The van der Waals surface area contributed by atoms with Crippen molar-refractivity contribution in [3.63, 3.8) is 0 Å². The van der Waals surface area contributed by atoms with Crippen LogP contribution in [0.1, 0.15) is 31.2 Å². The molecule has 3 rings (SSSR count). The van der Waals surface area contributed by atoms with Crippen LogP contribution >= 0.6 is 0 Å². The molecule has 2 heteroatoms. The minimum Gasteiger partial charge on any atom is -0.507 e. The fourth-order valence-corrected chi connectivity index (χ4v) is 2.42. The van der Waals surface area contributed by atoms with Crippen molar-refractivity contribution in [1.82, 2.24) is 0 Å². The number of aromatic hydroxyl groups is 1. The van der Waals surface area contributed by atoms with Crippen molar-refractivity contribution in [3.05, 3.63) is 48.0 Å². The minimum absolute atomic E-state index is 0.414. The molecule has 1 saturated carbocycles. The van der Waals surface area contributed by atoms with Crippen molar-refractivity contribution < 1.29 is 9.84 Å². The molecule has 2 nitrogen and oxygen atoms in total. The standard InChI is InChI=1S/C17H18O2/c1-2-19-14-10-15(12-6-4-3-5-7-12)17(18)16(11-14)13-8-9-13/h3-7,10-11,13,18H,2,8-9H2,1H3. The molecular formula is C17H18O2. The number of benzene rings is 2. The van der Waals surface area contributed by atoms with Crippen LogP contribution in [0, 0.1) is 0 Å². The highest BCUT2D eigenvalue weighted by Gasteiger charge is 2.28. The van der Waals surface area contributed by atoms with Crippen LogP contribution in [0.4, 0.5) is 0 Å². The van der Waals surface area contributed by atoms with Crippen molar-refractivity contribution in [3.8, 4) is 22.6 Å². The highest BCUT2D eigenvalue weighted by Crippen LogP contribution is 2.48. The Labute approximate surface area is 113 Å². The second kappa shape index (κ2) is 4.96. The van der Waals surface area contributed by atoms with Crippen LogP contribution in [0.15, 0.2) is 42.5 Å². The van der Waals surface area contributed by atoms with E-state index in [4.69, 9.17) is 4.74 Å². The highest BCUT2D eigenvalue weighted by molar-refractivity contribution is 5.74. The Balaban J connectivity index is 2.11. The molecule has 0 spiro atoms. The molecule has 0 amide bonds. The first-order valence-electron chi connectivity index (χ1n) is 6.84. The molecule has 98 valence electrons. The van der Waals surface area contributed by atoms with E-state index in [-0.39, 0.29) is 0 Å². The maximum absolute atomic E-state index is 10.5. The largest absolute Gasteiger partial charge is 0.507 e. The molecule has 0 heterocycles. The summed E-state index contributed by atoms with van der Waals surface area (Å²) in [6.45, 7) is 2.62. The van der Waals surface area contributed by atoms with Gasteiger partial charge in [0, 0.05) is 11.1 Å². The van der Waals surface area contributed by atoms with Crippen LogP contribution in [0.25, 0.3) is 11.1 Å². The Morgan fingerprint density at radius 3 is 2.53 bits per heavy atom. The fourth-order valence-electron chi connectivity index (χ4n) is 2.42. The van der Waals surface area contributed by atoms with Gasteiger partial charge in [0.2, 0.25) is 0 Å². The van der Waals surface area contributed by atoms with Gasteiger partial charge in [-0.05, 0) is 43.4 Å². The zero-order valence-corrected chi connectivity index (χ0v) is 11.1. The predicted molar refractivity (Wildman–Crippen MR) is 76.7 cm³/mol. The van der Waals surface area contributed by atoms with E-state index in [1.807, 2.05) is 49.4 Å². The zero-order chi connectivity index (χ0) is 13.2. The van der Waals surface area contributed by atoms with E-state index in [1.54, 1.807) is 0 Å². The first-order chi connectivity index (χ1) is 9.29. The summed E-state index contributed by atoms with van der Waals surface area (Å²) in [5.74, 6) is 1.76. The van der Waals surface area contributed by atoms with Crippen LogP contribution in [0.5, 0.6) is 11.5 Å². The van der Waals surface area contributed by atoms with Crippen molar-refractivity contribution >= 4 is 0 Å². The van der Waals surface area contributed by atoms with Gasteiger partial charge in [0.1, 0.15) is 11.5 Å². The van der Waals surface area contributed by atoms with E-state index in [2.05, 4.69) is 0 Å². The summed E-state index contributed by atoms with van der Waals surface area (Å²) in [6, 6.07) is 13.9. The monoisotopic (exact) mass is 254 g/mol. The molecular weight excluding hydrogens is 236 g/mol. The van der Waals surface area contributed by atoms with Crippen LogP contribution in [0.3, 0.4) is 0 Å². The quantitative estimate of drug-likeness (QED) is 0.879. The van der Waals surface area contributed by atoms with Crippen molar-refractivity contribution in [2.45, 2.75) is 25.7 Å². The lowest BCUT2D eigenvalue weighted by Crippen LogP contribution is -1.94. The summed E-state index contributed by atoms with van der Waals surface area (Å²) in [4.78, 5) is 0. The molecule has 0 saturated heterocycles. The normalized spacial score (nSPS) is 14.4. The first-order valence-corrected chi connectivity index (χ1v) is 6.84. The molecule has 0 unspecified atom stereocenters. The van der Waals surface area contributed by atoms with Crippen LogP contribution < -0.4 is 4.74 Å². The Bertz CT molecular complexity index is 571. The summed E-state index contributed by atoms with van der Waals surface area (Å²) in [5.41, 5.74) is 2.93. The Morgan fingerprint density at radius 1 is 1.16 bits per heavy atom. The molecule has 1 N–H and O–H groups in total. The number of phenols is 1. The van der Waals surface area contributed by atoms with E-state index < -0.39 is 0 Å². The van der Waals surface area contributed by atoms with Gasteiger partial charge in [-0.3, -0.25) is 0 Å². The molecule has 0 aromatic heterocycles. The van der Waals surface area contributed by atoms with Gasteiger partial charge >= 0.3 is 0 Å². The van der Waals surface area contributed by atoms with Gasteiger partial charge in [-0.25, -0.2) is 0 Å². The van der Waals surface area contributed by atoms with Crippen LogP contribution in [0.2, 0.25) is 0 Å². The second-order valence-electron chi connectivity index (χ2n) is 4.98. The second-order valence-corrected chi connectivity index (χ2v) is 4.98. The third-order valence-corrected chi connectivity index (χ3v) is 3.53. The molecule has 0 radical (unpaired) electrons. The van der Waals surface area contributed by atoms with Crippen LogP contribution in [-0.2, 0) is 0 Å². The lowest BCUT2D eigenvalue weighted by Gasteiger charge is -2.13. The zero-order valence-electron chi connectivity index (χ0n) is 11.1. The molecule has 2 aromatic rings. The predicted octanol–water partition coefficient (Wildman–Crippen LogP) is 4.34. The highest BCUT2D eigenvalue weighted by atomic mass is 16.5. The number of hydrogen-bond acceptors (Lipinski definition) is 2. The van der Waals surface area contributed by atoms with Gasteiger partial charge in [0.05, 0.1) is 6.61 Å². The Kier molecular flexibility index (Phi) is 3.16. The van der Waals surface area contributed by atoms with Crippen LogP contribution in [-0.4, -0.2) is 11.7 Å². The van der Waals surface area contributed by atoms with Crippen molar-refractivity contribution in [2.24, 2.45) is 0 Å². The molecule has 1 fully saturated rings. The Hall–Kier alpha value is -1.96. The maximum Gasteiger partial charge on any atom is 0.127 e. The van der Waals surface area contributed by atoms with Gasteiger partial charge in [-0.15, -0.1) is 0 Å². The van der Waals surface area contributed by atoms with Gasteiger partial charge < -0.3 is 9.84 Å². The molecule has 1 aliphatic carbocycles. The third-order valence-electron chi connectivity index (χ3n) is 3.53. The van der Waals surface area contributed by atoms with E-state index in [9.17, 15) is 5.11 Å². The van der Waals surface area contributed by atoms with Gasteiger partial charge in [-0.1, -0.05) is 30.3 Å². The topological polar surface area (TPSA) is 29.5 Å². The lowest BCUT2D eigenvalue weighted by atomic mass is 9.98. The molecule has 1 aliphatic rings. The Morgan fingerprint density at radius 2 is 1.89 bits per heavy atom. The molecule has 0 aliphatic heterocycles. The number of rotatable bonds is 4. The van der Waals surface area contributed by atoms with Gasteiger partial charge in [0.15, 0.2) is 0 Å². The summed E-state index contributed by atoms with van der Waals surface area (Å²) >= 11 is 0. The van der Waals surface area contributed by atoms with Crippen molar-refractivity contribution in [1.29, 1.82) is 0 Å². The molecule has 0 atom stereocenters. The first kappa shape index (κ1) is 12.1. The SMILES string of the molecule is CCOc1cc(-c2ccccc2)c(O)c(C2CC2)c1. The summed E-state index contributed by atoms with van der Waals surface area (Å²) < 4.78 is 5.63. The lowest BCUT2D eigenvalue weighted by molar-refractivity contribution is 0.339. The minimum atomic E-state index is 0.414. The number of phenolic OH excluding ortho intramolecular Hbond substituents is 1. The average Bonchev–Trinajstić information content (AvgIpc) is 3.26. The van der Waals surface area contributed by atoms with Crippen molar-refractivity contribution in [2.75, 3.05) is 6.61 Å². The number of ether oxygens (including phenoxy) is 1. The van der Waals surface area contributed by atoms with Gasteiger partial charge in [0.25, 0.3) is 0 Å². The molecule has 0 bridgehead atoms. The summed E-state index contributed by atoms with van der Waals surface area (Å²) in [5, 5.41) is 10.5. The summed E-state index contributed by atoms with van der Waals surface area (Å²) in [7, 11) is 0. The number of hydrogen-bond donors (Lipinski definition) is 1. The van der Waals surface area contributed by atoms with E-state index >= 15 is 0 Å². The fraction of sp³-hybridized carbons (Fsp3) is 0.294. The van der Waals surface area contributed by atoms with E-state index in [1.165, 1.54) is 0 Å². The summed E-state index contributed by atoms with van der Waals surface area (Å²) in [6.07, 6.45) is 2.33.